The molecule has 1 aliphatic heterocycles. The molecule has 1 unspecified atom stereocenters. The summed E-state index contributed by atoms with van der Waals surface area (Å²) in [6.45, 7) is 5.07. The summed E-state index contributed by atoms with van der Waals surface area (Å²) < 4.78 is 1.44. The third-order valence-corrected chi connectivity index (χ3v) is 3.75. The van der Waals surface area contributed by atoms with Crippen molar-refractivity contribution in [1.82, 2.24) is 14.7 Å². The molecule has 1 saturated heterocycles. The molecule has 0 bridgehead atoms. The molecule has 2 rings (SSSR count). The molecular weight excluding hydrogens is 274 g/mol. The first kappa shape index (κ1) is 15.3. The van der Waals surface area contributed by atoms with E-state index >= 15 is 0 Å². The second-order valence-electron chi connectivity index (χ2n) is 5.28. The number of rotatable bonds is 5. The molecule has 116 valence electrons. The Morgan fingerprint density at radius 1 is 1.48 bits per heavy atom. The number of aryl methyl sites for hydroxylation is 2. The Morgan fingerprint density at radius 3 is 2.62 bits per heavy atom. The smallest absolute Gasteiger partial charge is 0.334 e. The molecule has 1 fully saturated rings. The van der Waals surface area contributed by atoms with E-state index in [1.165, 1.54) is 4.68 Å². The van der Waals surface area contributed by atoms with Crippen LogP contribution >= 0.6 is 0 Å². The van der Waals surface area contributed by atoms with Crippen LogP contribution in [0.1, 0.15) is 32.4 Å². The molecule has 1 aliphatic rings. The summed E-state index contributed by atoms with van der Waals surface area (Å²) in [6.07, 6.45) is 2.51. The zero-order valence-electron chi connectivity index (χ0n) is 12.6. The molecular formula is C13H21N5O3. The molecule has 0 radical (unpaired) electrons. The third kappa shape index (κ3) is 2.98. The van der Waals surface area contributed by atoms with Gasteiger partial charge >= 0.3 is 5.69 Å². The average molecular weight is 295 g/mol. The summed E-state index contributed by atoms with van der Waals surface area (Å²) in [6, 6.07) is -0.512. The minimum Gasteiger partial charge on any atom is -0.353 e. The highest BCUT2D eigenvalue weighted by atomic mass is 16.6. The van der Waals surface area contributed by atoms with Gasteiger partial charge in [-0.2, -0.15) is 5.10 Å². The number of nitrogens with one attached hydrogen (secondary N) is 1. The monoisotopic (exact) mass is 295 g/mol. The van der Waals surface area contributed by atoms with Crippen LogP contribution in [0.15, 0.2) is 0 Å². The Bertz CT molecular complexity index is 548. The van der Waals surface area contributed by atoms with E-state index in [4.69, 9.17) is 0 Å². The molecule has 2 heterocycles. The predicted molar refractivity (Wildman–Crippen MR) is 78.1 cm³/mol. The third-order valence-electron chi connectivity index (χ3n) is 3.75. The van der Waals surface area contributed by atoms with Crippen LogP contribution in [-0.2, 0) is 18.3 Å². The van der Waals surface area contributed by atoms with Gasteiger partial charge in [0.2, 0.25) is 11.7 Å². The zero-order chi connectivity index (χ0) is 15.6. The quantitative estimate of drug-likeness (QED) is 0.653. The maximum atomic E-state index is 12.3. The van der Waals surface area contributed by atoms with Crippen LogP contribution in [0.5, 0.6) is 0 Å². The lowest BCUT2D eigenvalue weighted by atomic mass is 10.2. The highest BCUT2D eigenvalue weighted by Gasteiger charge is 2.29. The van der Waals surface area contributed by atoms with Gasteiger partial charge in [0.1, 0.15) is 11.7 Å². The van der Waals surface area contributed by atoms with Crippen molar-refractivity contribution >= 4 is 17.4 Å². The fourth-order valence-corrected chi connectivity index (χ4v) is 2.64. The molecule has 0 aromatic carbocycles. The van der Waals surface area contributed by atoms with Gasteiger partial charge in [-0.15, -0.1) is 0 Å². The van der Waals surface area contributed by atoms with Crippen molar-refractivity contribution in [3.8, 4) is 0 Å². The maximum absolute atomic E-state index is 12.3. The number of carbonyl (C=O) groups excluding carboxylic acids is 1. The Kier molecular flexibility index (Phi) is 4.44. The normalized spacial score (nSPS) is 16.0. The van der Waals surface area contributed by atoms with Crippen molar-refractivity contribution in [3.05, 3.63) is 15.8 Å². The van der Waals surface area contributed by atoms with Crippen LogP contribution in [-0.4, -0.2) is 44.6 Å². The van der Waals surface area contributed by atoms with Gasteiger partial charge in [0.15, 0.2) is 0 Å². The van der Waals surface area contributed by atoms with Crippen LogP contribution < -0.4 is 5.32 Å². The van der Waals surface area contributed by atoms with Gasteiger partial charge in [0, 0.05) is 20.1 Å². The first-order valence-corrected chi connectivity index (χ1v) is 7.21. The fourth-order valence-electron chi connectivity index (χ4n) is 2.64. The largest absolute Gasteiger partial charge is 0.353 e. The van der Waals surface area contributed by atoms with Gasteiger partial charge in [0.25, 0.3) is 0 Å². The van der Waals surface area contributed by atoms with Crippen molar-refractivity contribution in [2.75, 3.05) is 18.4 Å². The molecule has 8 heteroatoms. The number of hydrogen-bond donors (Lipinski definition) is 1. The first-order valence-electron chi connectivity index (χ1n) is 7.21. The molecule has 1 atom stereocenters. The van der Waals surface area contributed by atoms with E-state index in [1.54, 1.807) is 18.9 Å². The van der Waals surface area contributed by atoms with E-state index in [0.717, 1.165) is 25.9 Å². The lowest BCUT2D eigenvalue weighted by Crippen LogP contribution is -2.40. The SMILES string of the molecule is CCc1nn(C)c(NC(C)C(=O)N2CCCC2)c1[N+](=O)[O-]. The summed E-state index contributed by atoms with van der Waals surface area (Å²) >= 11 is 0. The standard InChI is InChI=1S/C13H21N5O3/c1-4-10-11(18(20)21)12(16(3)15-10)14-9(2)13(19)17-7-5-6-8-17/h9,14H,4-8H2,1-3H3. The number of anilines is 1. The van der Waals surface area contributed by atoms with Crippen molar-refractivity contribution < 1.29 is 9.72 Å². The van der Waals surface area contributed by atoms with Gasteiger partial charge in [-0.25, -0.2) is 4.68 Å². The molecule has 1 aromatic heterocycles. The number of carbonyl (C=O) groups is 1. The molecule has 1 aromatic rings. The summed E-state index contributed by atoms with van der Waals surface area (Å²) in [4.78, 5) is 24.9. The van der Waals surface area contributed by atoms with Crippen molar-refractivity contribution in [3.63, 3.8) is 0 Å². The summed E-state index contributed by atoms with van der Waals surface area (Å²) in [5, 5.41) is 18.3. The number of amides is 1. The lowest BCUT2D eigenvalue weighted by Gasteiger charge is -2.21. The summed E-state index contributed by atoms with van der Waals surface area (Å²) in [5.74, 6) is 0.262. The van der Waals surface area contributed by atoms with Gasteiger partial charge < -0.3 is 10.2 Å². The molecule has 8 nitrogen and oxygen atoms in total. The molecule has 21 heavy (non-hydrogen) atoms. The minimum absolute atomic E-state index is 0.0268. The van der Waals surface area contributed by atoms with Gasteiger partial charge in [-0.05, 0) is 26.2 Å². The van der Waals surface area contributed by atoms with Gasteiger partial charge in [-0.1, -0.05) is 6.92 Å². The minimum atomic E-state index is -0.512. The second kappa shape index (κ2) is 6.11. The average Bonchev–Trinajstić information content (AvgIpc) is 3.06. The topological polar surface area (TPSA) is 93.3 Å². The molecule has 1 amide bonds. The highest BCUT2D eigenvalue weighted by Crippen LogP contribution is 2.29. The second-order valence-corrected chi connectivity index (χ2v) is 5.28. The van der Waals surface area contributed by atoms with E-state index in [-0.39, 0.29) is 17.4 Å². The van der Waals surface area contributed by atoms with Crippen LogP contribution in [0.2, 0.25) is 0 Å². The Morgan fingerprint density at radius 2 is 2.10 bits per heavy atom. The Labute approximate surface area is 123 Å². The van der Waals surface area contributed by atoms with E-state index in [9.17, 15) is 14.9 Å². The maximum Gasteiger partial charge on any atom is 0.334 e. The van der Waals surface area contributed by atoms with Crippen LogP contribution in [0.25, 0.3) is 0 Å². The summed E-state index contributed by atoms with van der Waals surface area (Å²) in [5.41, 5.74) is 0.381. The number of aromatic nitrogens is 2. The van der Waals surface area contributed by atoms with E-state index in [2.05, 4.69) is 10.4 Å². The molecule has 0 aliphatic carbocycles. The Hall–Kier alpha value is -2.12. The van der Waals surface area contributed by atoms with Crippen molar-refractivity contribution in [2.45, 2.75) is 39.2 Å². The van der Waals surface area contributed by atoms with Crippen molar-refractivity contribution in [1.29, 1.82) is 0 Å². The van der Waals surface area contributed by atoms with Crippen LogP contribution in [0.4, 0.5) is 11.5 Å². The molecule has 0 saturated carbocycles. The summed E-state index contributed by atoms with van der Waals surface area (Å²) in [7, 11) is 1.64. The van der Waals surface area contributed by atoms with E-state index in [0.29, 0.717) is 12.1 Å². The van der Waals surface area contributed by atoms with E-state index in [1.807, 2.05) is 6.92 Å². The van der Waals surface area contributed by atoms with Crippen LogP contribution in [0.3, 0.4) is 0 Å². The predicted octanol–water partition coefficient (Wildman–Crippen LogP) is 1.31. The fraction of sp³-hybridized carbons (Fsp3) is 0.692. The number of nitrogens with zero attached hydrogens (tertiary/aromatic N) is 4. The molecule has 1 N–H and O–H groups in total. The van der Waals surface area contributed by atoms with Crippen LogP contribution in [0, 0.1) is 10.1 Å². The van der Waals surface area contributed by atoms with E-state index < -0.39 is 11.0 Å². The highest BCUT2D eigenvalue weighted by molar-refractivity contribution is 5.85. The zero-order valence-corrected chi connectivity index (χ0v) is 12.6. The number of hydrogen-bond acceptors (Lipinski definition) is 5. The lowest BCUT2D eigenvalue weighted by molar-refractivity contribution is -0.384. The molecule has 0 spiro atoms. The van der Waals surface area contributed by atoms with Crippen molar-refractivity contribution in [2.24, 2.45) is 7.05 Å². The number of nitro groups is 1. The Balaban J connectivity index is 2.20. The number of likely N-dealkylation sites (tertiary alicyclic amines) is 1. The van der Waals surface area contributed by atoms with Gasteiger partial charge in [-0.3, -0.25) is 14.9 Å². The van der Waals surface area contributed by atoms with Gasteiger partial charge in [0.05, 0.1) is 4.92 Å². The first-order chi connectivity index (χ1) is 9.95.